The van der Waals surface area contributed by atoms with Crippen molar-refractivity contribution in [2.45, 2.75) is 19.0 Å². The van der Waals surface area contributed by atoms with Crippen LogP contribution in [0.1, 0.15) is 18.5 Å². The number of ether oxygens (including phenoxy) is 1. The summed E-state index contributed by atoms with van der Waals surface area (Å²) in [6.07, 6.45) is 0. The Labute approximate surface area is 173 Å². The number of thiocarbonyl (C=S) groups is 1. The van der Waals surface area contributed by atoms with Crippen LogP contribution in [-0.4, -0.2) is 51.5 Å². The van der Waals surface area contributed by atoms with Crippen LogP contribution < -0.4 is 25.2 Å². The zero-order valence-corrected chi connectivity index (χ0v) is 17.8. The minimum absolute atomic E-state index is 0.217. The highest BCUT2D eigenvalue weighted by atomic mass is 32.1. The lowest BCUT2D eigenvalue weighted by Gasteiger charge is -2.37. The van der Waals surface area contributed by atoms with E-state index >= 15 is 0 Å². The quantitative estimate of drug-likeness (QED) is 0.534. The first-order valence-corrected chi connectivity index (χ1v) is 10.4. The minimum Gasteiger partial charge on any atom is -0.497 e. The van der Waals surface area contributed by atoms with Crippen molar-refractivity contribution in [2.24, 2.45) is 0 Å². The lowest BCUT2D eigenvalue weighted by atomic mass is 9.98. The average molecular weight is 401 g/mol. The third-order valence-corrected chi connectivity index (χ3v) is 5.77. The number of anilines is 1. The number of piperazine rings is 1. The molecule has 0 unspecified atom stereocenters. The molecule has 3 rings (SSSR count). The molecule has 1 saturated heterocycles. The first kappa shape index (κ1) is 20.6. The van der Waals surface area contributed by atoms with Gasteiger partial charge in [0.15, 0.2) is 5.11 Å². The van der Waals surface area contributed by atoms with Gasteiger partial charge in [-0.2, -0.15) is 0 Å². The largest absolute Gasteiger partial charge is 0.497 e. The van der Waals surface area contributed by atoms with Crippen LogP contribution in [0.2, 0.25) is 0 Å². The molecule has 0 spiro atoms. The molecule has 2 aromatic rings. The Hall–Kier alpha value is -2.15. The van der Waals surface area contributed by atoms with Gasteiger partial charge in [0.25, 0.3) is 0 Å². The summed E-state index contributed by atoms with van der Waals surface area (Å²) < 4.78 is 5.21. The van der Waals surface area contributed by atoms with Gasteiger partial charge < -0.3 is 25.2 Å². The summed E-state index contributed by atoms with van der Waals surface area (Å²) in [7, 11) is 3.95. The highest BCUT2D eigenvalue weighted by molar-refractivity contribution is 7.80. The van der Waals surface area contributed by atoms with Gasteiger partial charge in [-0.3, -0.25) is 0 Å². The zero-order chi connectivity index (χ0) is 19.9. The lowest BCUT2D eigenvalue weighted by molar-refractivity contribution is -1.02. The molecule has 0 amide bonds. The van der Waals surface area contributed by atoms with Gasteiger partial charge in [0.05, 0.1) is 20.2 Å². The van der Waals surface area contributed by atoms with Crippen LogP contribution in [0.4, 0.5) is 5.69 Å². The predicted molar refractivity (Wildman–Crippen MR) is 118 cm³/mol. The highest BCUT2D eigenvalue weighted by Gasteiger charge is 2.33. The van der Waals surface area contributed by atoms with Crippen LogP contribution in [0, 0.1) is 0 Å². The topological polar surface area (TPSA) is 42.2 Å². The normalized spacial score (nSPS) is 21.4. The molecular formula is C22H32N4OS+2. The number of nitrogens with one attached hydrogen (secondary N) is 4. The molecule has 0 saturated carbocycles. The summed E-state index contributed by atoms with van der Waals surface area (Å²) in [6.45, 7) is 7.00. The molecule has 0 aromatic heterocycles. The van der Waals surface area contributed by atoms with Crippen LogP contribution in [0.25, 0.3) is 0 Å². The van der Waals surface area contributed by atoms with E-state index in [1.165, 1.54) is 31.7 Å². The van der Waals surface area contributed by atoms with Crippen LogP contribution in [-0.2, 0) is 0 Å². The Balaban J connectivity index is 1.67. The van der Waals surface area contributed by atoms with Crippen molar-refractivity contribution < 1.29 is 14.5 Å². The van der Waals surface area contributed by atoms with Crippen molar-refractivity contribution in [1.82, 2.24) is 5.32 Å². The van der Waals surface area contributed by atoms with Crippen LogP contribution in [0.3, 0.4) is 0 Å². The van der Waals surface area contributed by atoms with Gasteiger partial charge in [-0.25, -0.2) is 0 Å². The minimum atomic E-state index is 0.217. The monoisotopic (exact) mass is 400 g/mol. The van der Waals surface area contributed by atoms with Gasteiger partial charge in [0.1, 0.15) is 38.0 Å². The van der Waals surface area contributed by atoms with Gasteiger partial charge >= 0.3 is 0 Å². The summed E-state index contributed by atoms with van der Waals surface area (Å²) in [5.74, 6) is 0.836. The summed E-state index contributed by atoms with van der Waals surface area (Å²) >= 11 is 5.60. The van der Waals surface area contributed by atoms with Crippen molar-refractivity contribution in [3.8, 4) is 5.75 Å². The van der Waals surface area contributed by atoms with Crippen molar-refractivity contribution in [3.63, 3.8) is 0 Å². The Morgan fingerprint density at radius 1 is 1.00 bits per heavy atom. The van der Waals surface area contributed by atoms with E-state index in [1.54, 1.807) is 16.9 Å². The van der Waals surface area contributed by atoms with Crippen LogP contribution in [0.15, 0.2) is 54.6 Å². The van der Waals surface area contributed by atoms with Gasteiger partial charge in [-0.1, -0.05) is 30.3 Å². The van der Waals surface area contributed by atoms with Crippen molar-refractivity contribution >= 4 is 23.0 Å². The molecule has 4 N–H and O–H groups in total. The molecule has 0 aliphatic carbocycles. The summed E-state index contributed by atoms with van der Waals surface area (Å²) in [4.78, 5) is 3.25. The summed E-state index contributed by atoms with van der Waals surface area (Å²) in [5.41, 5.74) is 2.32. The number of hydrogen-bond acceptors (Lipinski definition) is 2. The molecule has 5 nitrogen and oxygen atoms in total. The second-order valence-corrected chi connectivity index (χ2v) is 8.03. The maximum absolute atomic E-state index is 5.60. The van der Waals surface area contributed by atoms with E-state index in [9.17, 15) is 0 Å². The van der Waals surface area contributed by atoms with Crippen LogP contribution >= 0.6 is 12.2 Å². The molecule has 1 aliphatic rings. The van der Waals surface area contributed by atoms with E-state index in [2.05, 4.69) is 54.9 Å². The smallest absolute Gasteiger partial charge is 0.171 e. The van der Waals surface area contributed by atoms with E-state index in [-0.39, 0.29) is 6.04 Å². The van der Waals surface area contributed by atoms with Crippen molar-refractivity contribution in [3.05, 3.63) is 60.2 Å². The Morgan fingerprint density at radius 3 is 2.25 bits per heavy atom. The first-order chi connectivity index (χ1) is 13.6. The summed E-state index contributed by atoms with van der Waals surface area (Å²) in [5, 5.41) is 7.47. The highest BCUT2D eigenvalue weighted by Crippen LogP contribution is 2.16. The molecular weight excluding hydrogens is 368 g/mol. The molecule has 1 fully saturated rings. The molecule has 150 valence electrons. The fourth-order valence-corrected chi connectivity index (χ4v) is 4.28. The van der Waals surface area contributed by atoms with E-state index in [1.807, 2.05) is 24.3 Å². The number of rotatable bonds is 6. The second-order valence-electron chi connectivity index (χ2n) is 7.62. The average Bonchev–Trinajstić information content (AvgIpc) is 2.71. The van der Waals surface area contributed by atoms with Crippen molar-refractivity contribution in [1.29, 1.82) is 0 Å². The third-order valence-electron chi connectivity index (χ3n) is 5.55. The molecule has 28 heavy (non-hydrogen) atoms. The van der Waals surface area contributed by atoms with E-state index in [4.69, 9.17) is 17.0 Å². The van der Waals surface area contributed by atoms with Gasteiger partial charge in [-0.05, 0) is 43.4 Å². The number of quaternary nitrogens is 2. The summed E-state index contributed by atoms with van der Waals surface area (Å²) in [6, 6.07) is 19.2. The Kier molecular flexibility index (Phi) is 7.25. The van der Waals surface area contributed by atoms with Crippen molar-refractivity contribution in [2.75, 3.05) is 45.7 Å². The van der Waals surface area contributed by atoms with Gasteiger partial charge in [0, 0.05) is 11.3 Å². The second kappa shape index (κ2) is 9.87. The zero-order valence-electron chi connectivity index (χ0n) is 17.0. The number of likely N-dealkylation sites (N-methyl/N-ethyl adjacent to an activating group) is 1. The number of hydrogen-bond donors (Lipinski definition) is 4. The molecule has 0 bridgehead atoms. The Morgan fingerprint density at radius 2 is 1.64 bits per heavy atom. The maximum atomic E-state index is 5.60. The number of methoxy groups -OCH3 is 1. The van der Waals surface area contributed by atoms with E-state index in [0.29, 0.717) is 11.2 Å². The predicted octanol–water partition coefficient (Wildman–Crippen LogP) is 0.525. The molecule has 1 aliphatic heterocycles. The van der Waals surface area contributed by atoms with Crippen LogP contribution in [0.5, 0.6) is 5.75 Å². The molecule has 0 radical (unpaired) electrons. The van der Waals surface area contributed by atoms with E-state index in [0.717, 1.165) is 11.4 Å². The Bertz CT molecular complexity index is 745. The number of benzene rings is 2. The van der Waals surface area contributed by atoms with Gasteiger partial charge in [0.2, 0.25) is 0 Å². The maximum Gasteiger partial charge on any atom is 0.171 e. The molecule has 6 heteroatoms. The molecule has 2 atom stereocenters. The molecule has 1 heterocycles. The third kappa shape index (κ3) is 5.44. The lowest BCUT2D eigenvalue weighted by Crippen LogP contribution is -3.27. The first-order valence-electron chi connectivity index (χ1n) is 9.99. The standard InChI is InChI=1S/C22H30N4OS/c1-17(23-22(28)24-19-9-11-20(27-3)12-10-19)21(18-7-5-4-6-8-18)26-15-13-25(2)14-16-26/h4-12,17,21H,13-16H2,1-3H3,(H2,23,24,28)/p+2/t17-,21+/m1/s1. The molecule has 2 aromatic carbocycles. The SMILES string of the molecule is COc1ccc(NC(=S)N[C@H](C)[C@@H](c2ccccc2)[NH+]2CC[NH+](C)CC2)cc1. The van der Waals surface area contributed by atoms with Gasteiger partial charge in [-0.15, -0.1) is 0 Å². The fourth-order valence-electron chi connectivity index (χ4n) is 3.98. The fraction of sp³-hybridized carbons (Fsp3) is 0.409. The van der Waals surface area contributed by atoms with E-state index < -0.39 is 0 Å².